The summed E-state index contributed by atoms with van der Waals surface area (Å²) in [6.07, 6.45) is 6.53. The molecule has 18 nitrogen and oxygen atoms in total. The summed E-state index contributed by atoms with van der Waals surface area (Å²) in [5.41, 5.74) is 2.19. The number of ether oxygens (including phenoxy) is 3. The Morgan fingerprint density at radius 3 is 0.861 bits per heavy atom. The van der Waals surface area contributed by atoms with Gasteiger partial charge in [-0.15, -0.1) is 19.7 Å². The van der Waals surface area contributed by atoms with Crippen LogP contribution in [-0.2, 0) is 19.3 Å². The number of allylic oxidation sites excluding steroid dienone is 3. The largest absolute Gasteiger partial charge is 0.493 e. The summed E-state index contributed by atoms with van der Waals surface area (Å²) in [4.78, 5) is 36.2. The van der Waals surface area contributed by atoms with E-state index < -0.39 is 40.9 Å². The van der Waals surface area contributed by atoms with Gasteiger partial charge in [-0.05, 0) is 145 Å². The second-order valence-electron chi connectivity index (χ2n) is 15.2. The quantitative estimate of drug-likeness (QED) is 0.0378. The van der Waals surface area contributed by atoms with Gasteiger partial charge < -0.3 is 56.7 Å². The Morgan fingerprint density at radius 1 is 0.403 bits per heavy atom. The first-order chi connectivity index (χ1) is 34.6. The molecule has 6 aromatic rings. The molecule has 1 heterocycles. The molecule has 0 unspecified atom stereocenters. The lowest BCUT2D eigenvalue weighted by Crippen LogP contribution is -2.12. The predicted octanol–water partition coefficient (Wildman–Crippen LogP) is 13.6. The minimum absolute atomic E-state index is 0.00415. The molecule has 3 N–H and O–H groups in total. The second kappa shape index (κ2) is 22.7. The number of carboxylic acids is 3. The van der Waals surface area contributed by atoms with Gasteiger partial charge >= 0.3 is 40.9 Å². The second-order valence-corrected chi connectivity index (χ2v) is 21.4. The fourth-order valence-electron chi connectivity index (χ4n) is 6.77. The van der Waals surface area contributed by atoms with E-state index in [9.17, 15) is 29.7 Å². The van der Waals surface area contributed by atoms with Gasteiger partial charge in [0.25, 0.3) is 0 Å². The first-order valence-electron chi connectivity index (χ1n) is 21.6. The number of hydrogen-bond acceptors (Lipinski definition) is 15. The first kappa shape index (κ1) is 51.7. The summed E-state index contributed by atoms with van der Waals surface area (Å²) < 4.78 is 74.7. The molecule has 1 aliphatic rings. The molecule has 0 amide bonds. The summed E-state index contributed by atoms with van der Waals surface area (Å²) in [6, 6.07) is 31.3. The lowest BCUT2D eigenvalue weighted by molar-refractivity contribution is 0.0686. The van der Waals surface area contributed by atoms with Crippen molar-refractivity contribution < 1.29 is 71.1 Å². The molecule has 0 saturated carbocycles. The topological polar surface area (TPSA) is 232 Å². The summed E-state index contributed by atoms with van der Waals surface area (Å²) in [7, 11) is -9.69. The smallest absolute Gasteiger partial charge is 0.461 e. The molecule has 0 fully saturated rings. The van der Waals surface area contributed by atoms with Gasteiger partial charge in [0.1, 0.15) is 17.2 Å². The Labute approximate surface area is 415 Å². The molecule has 0 bridgehead atoms. The molecule has 0 atom stereocenters. The van der Waals surface area contributed by atoms with Crippen molar-refractivity contribution >= 4 is 40.9 Å². The number of methoxy groups -OCH3 is 3. The Kier molecular flexibility index (Phi) is 16.3. The van der Waals surface area contributed by atoms with Crippen molar-refractivity contribution in [3.63, 3.8) is 0 Å². The molecule has 0 radical (unpaired) electrons. The van der Waals surface area contributed by atoms with Crippen LogP contribution >= 0.6 is 23.0 Å². The molecule has 21 heteroatoms. The van der Waals surface area contributed by atoms with Crippen molar-refractivity contribution in [2.75, 3.05) is 21.3 Å². The number of rotatable bonds is 24. The minimum atomic E-state index is -4.66. The van der Waals surface area contributed by atoms with Crippen LogP contribution in [0.2, 0.25) is 0 Å². The lowest BCUT2D eigenvalue weighted by Gasteiger charge is -2.33. The van der Waals surface area contributed by atoms with Crippen molar-refractivity contribution in [2.24, 2.45) is 13.5 Å². The zero-order valence-electron chi connectivity index (χ0n) is 39.0. The van der Waals surface area contributed by atoms with Crippen LogP contribution in [-0.4, -0.2) is 54.6 Å². The van der Waals surface area contributed by atoms with Crippen molar-refractivity contribution in [3.8, 4) is 51.7 Å². The maximum absolute atomic E-state index is 12.1. The van der Waals surface area contributed by atoms with Crippen LogP contribution in [0.4, 0.5) is 0 Å². The molecule has 0 saturated heterocycles. The molecular formula is C51H48N3O15P3. The van der Waals surface area contributed by atoms with E-state index in [1.165, 1.54) is 94.1 Å². The van der Waals surface area contributed by atoms with E-state index in [0.717, 1.165) is 16.7 Å². The third-order valence-corrected chi connectivity index (χ3v) is 18.2. The third-order valence-electron chi connectivity index (χ3n) is 10.1. The van der Waals surface area contributed by atoms with E-state index in [2.05, 4.69) is 19.7 Å². The van der Waals surface area contributed by atoms with E-state index >= 15 is 0 Å². The number of carbonyl (C=O) groups is 3. The predicted molar refractivity (Wildman–Crippen MR) is 273 cm³/mol. The van der Waals surface area contributed by atoms with Crippen molar-refractivity contribution in [1.82, 2.24) is 0 Å². The number of benzene rings is 6. The zero-order valence-corrected chi connectivity index (χ0v) is 41.7. The van der Waals surface area contributed by atoms with Crippen molar-refractivity contribution in [3.05, 3.63) is 199 Å². The van der Waals surface area contributed by atoms with Crippen LogP contribution in [0.15, 0.2) is 179 Å². The fourth-order valence-corrected chi connectivity index (χ4v) is 15.9. The van der Waals surface area contributed by atoms with Gasteiger partial charge in [-0.1, -0.05) is 50.0 Å². The SMILES string of the molecule is C=CCc1ccc(OP2(Oc3ccc(C(=O)O)cc3)=NP(Oc3ccc(C(=O)O)cc3)(Oc3ccc(CC=C)cc3OC)=NP(Oc3ccc(C(=O)O)cc3)(Oc3ccc(CC=C)cc3OC)=N2)c(OC)c1. The normalized spacial score (nSPS) is 17.7. The van der Waals surface area contributed by atoms with E-state index in [1.54, 1.807) is 72.8 Å². The zero-order chi connectivity index (χ0) is 51.5. The number of aromatic carboxylic acids is 3. The maximum Gasteiger partial charge on any atom is 0.461 e. The number of hydrogen-bond donors (Lipinski definition) is 3. The Morgan fingerprint density at radius 2 is 0.653 bits per heavy atom. The molecule has 7 rings (SSSR count). The molecule has 0 aliphatic carbocycles. The summed E-state index contributed by atoms with van der Waals surface area (Å²) in [5, 5.41) is 29.6. The van der Waals surface area contributed by atoms with Gasteiger partial charge in [0.2, 0.25) is 0 Å². The van der Waals surface area contributed by atoms with E-state index in [0.29, 0.717) is 19.3 Å². The Hall–Kier alpha value is -8.16. The molecule has 6 aromatic carbocycles. The highest BCUT2D eigenvalue weighted by Crippen LogP contribution is 2.79. The summed E-state index contributed by atoms with van der Waals surface area (Å²) >= 11 is 0. The molecule has 72 heavy (non-hydrogen) atoms. The summed E-state index contributed by atoms with van der Waals surface area (Å²) in [6.45, 7) is 11.6. The van der Waals surface area contributed by atoms with Gasteiger partial charge in [-0.2, -0.15) is 0 Å². The van der Waals surface area contributed by atoms with Crippen LogP contribution < -0.4 is 41.4 Å². The van der Waals surface area contributed by atoms with Gasteiger partial charge in [0.15, 0.2) is 34.5 Å². The van der Waals surface area contributed by atoms with Gasteiger partial charge in [-0.25, -0.2) is 14.4 Å². The third kappa shape index (κ3) is 12.4. The van der Waals surface area contributed by atoms with Crippen LogP contribution in [0.1, 0.15) is 47.8 Å². The maximum atomic E-state index is 12.1. The molecule has 372 valence electrons. The Bertz CT molecular complexity index is 2860. The van der Waals surface area contributed by atoms with Gasteiger partial charge in [0, 0.05) is 0 Å². The fraction of sp³-hybridized carbons (Fsp3) is 0.118. The minimum Gasteiger partial charge on any atom is -0.493 e. The van der Waals surface area contributed by atoms with Gasteiger partial charge in [0.05, 0.1) is 38.0 Å². The first-order valence-corrected chi connectivity index (χ1v) is 26.2. The Balaban J connectivity index is 1.65. The van der Waals surface area contributed by atoms with Gasteiger partial charge in [-0.3, -0.25) is 0 Å². The average molecular weight is 1040 g/mol. The number of nitrogens with zero attached hydrogens (tertiary/aromatic N) is 3. The number of carboxylic acid groups (broad SMARTS) is 3. The van der Waals surface area contributed by atoms with E-state index in [-0.39, 0.29) is 68.4 Å². The molecule has 0 spiro atoms. The highest BCUT2D eigenvalue weighted by Gasteiger charge is 2.50. The highest BCUT2D eigenvalue weighted by atomic mass is 31.3. The van der Waals surface area contributed by atoms with Crippen molar-refractivity contribution in [2.45, 2.75) is 19.3 Å². The van der Waals surface area contributed by atoms with Crippen LogP contribution in [0.3, 0.4) is 0 Å². The van der Waals surface area contributed by atoms with E-state index in [4.69, 9.17) is 54.9 Å². The van der Waals surface area contributed by atoms with Crippen LogP contribution in [0.25, 0.3) is 0 Å². The highest BCUT2D eigenvalue weighted by molar-refractivity contribution is 7.79. The van der Waals surface area contributed by atoms with Crippen molar-refractivity contribution in [1.29, 1.82) is 0 Å². The average Bonchev–Trinajstić information content (AvgIpc) is 3.35. The molecule has 0 aromatic heterocycles. The monoisotopic (exact) mass is 1040 g/mol. The molecular weight excluding hydrogens is 987 g/mol. The summed E-state index contributed by atoms with van der Waals surface area (Å²) in [5.74, 6) is -2.90. The molecule has 1 aliphatic heterocycles. The van der Waals surface area contributed by atoms with Crippen LogP contribution in [0.5, 0.6) is 51.7 Å². The van der Waals surface area contributed by atoms with Crippen LogP contribution in [0, 0.1) is 0 Å². The lowest BCUT2D eigenvalue weighted by atomic mass is 10.1. The standard InChI is InChI=1S/C51H48N3O15P3/c1-7-10-34-13-28-43(46(31-34)61-4)67-70(64-40-22-16-37(17-23-40)49(55)56)52-71(65-41-24-18-38(19-25-41)50(57)58,68-44-29-14-35(11-8-2)32-47(44)62-5)54-72(53-70,66-42-26-20-39(21-27-42)51(59)60)69-45-30-15-36(12-9-3)33-48(45)63-6/h7-9,13-33H,1-3,10-12H2,4-6H3,(H,55,56)(H,57,58)(H,59,60). The van der Waals surface area contributed by atoms with E-state index in [1.807, 2.05) is 0 Å².